The van der Waals surface area contributed by atoms with Gasteiger partial charge >= 0.3 is 6.18 Å². The second kappa shape index (κ2) is 13.2. The lowest BCUT2D eigenvalue weighted by molar-refractivity contribution is -0.0898. The van der Waals surface area contributed by atoms with Gasteiger partial charge in [-0.25, -0.2) is 0 Å². The Bertz CT molecular complexity index is 1310. The van der Waals surface area contributed by atoms with Crippen LogP contribution in [0.5, 0.6) is 0 Å². The Morgan fingerprint density at radius 2 is 1.60 bits per heavy atom. The van der Waals surface area contributed by atoms with Gasteiger partial charge in [-0.05, 0) is 41.9 Å². The standard InChI is InChI=1S/C31H41F3N8/c1-23(27-20-36-37-21-28(27)31(32,33)34)38-29-19-26(6-7-30(29)42-16-10-39(2)11-17-42)25-5-3-4-24(18-25)22-41-14-12-40(9-8-35)13-15-41/h3-7,18-21,36-38H,1,8-17,22,35H2,2H3. The van der Waals surface area contributed by atoms with E-state index < -0.39 is 11.7 Å². The number of likely N-dealkylation sites (N-methyl/N-ethyl adjacent to an activating group) is 1. The maximum absolute atomic E-state index is 13.8. The highest BCUT2D eigenvalue weighted by molar-refractivity contribution is 5.80. The monoisotopic (exact) mass is 582 g/mol. The first-order chi connectivity index (χ1) is 20.2. The second-order valence-electron chi connectivity index (χ2n) is 11.1. The van der Waals surface area contributed by atoms with Crippen LogP contribution in [0, 0.1) is 0 Å². The molecule has 2 aromatic carbocycles. The fourth-order valence-electron chi connectivity index (χ4n) is 5.70. The molecule has 226 valence electrons. The molecule has 0 unspecified atom stereocenters. The van der Waals surface area contributed by atoms with Gasteiger partial charge in [-0.15, -0.1) is 0 Å². The zero-order chi connectivity index (χ0) is 29.7. The zero-order valence-electron chi connectivity index (χ0n) is 24.2. The number of hydrogen-bond donors (Lipinski definition) is 4. The molecule has 5 N–H and O–H groups in total. The van der Waals surface area contributed by atoms with E-state index in [1.165, 1.54) is 11.8 Å². The Balaban J connectivity index is 1.39. The van der Waals surface area contributed by atoms with Crippen molar-refractivity contribution < 1.29 is 13.2 Å². The molecule has 2 saturated heterocycles. The molecule has 5 rings (SSSR count). The van der Waals surface area contributed by atoms with Crippen LogP contribution in [0.3, 0.4) is 0 Å². The molecule has 0 spiro atoms. The predicted octanol–water partition coefficient (Wildman–Crippen LogP) is 3.55. The van der Waals surface area contributed by atoms with Gasteiger partial charge in [0.1, 0.15) is 0 Å². The van der Waals surface area contributed by atoms with Gasteiger partial charge in [0.25, 0.3) is 0 Å². The summed E-state index contributed by atoms with van der Waals surface area (Å²) in [6.07, 6.45) is -2.31. The van der Waals surface area contributed by atoms with Crippen LogP contribution >= 0.6 is 0 Å². The topological polar surface area (TPSA) is 75.1 Å². The number of halogens is 3. The third-order valence-electron chi connectivity index (χ3n) is 8.14. The highest BCUT2D eigenvalue weighted by Gasteiger charge is 2.38. The number of rotatable bonds is 9. The fourth-order valence-corrected chi connectivity index (χ4v) is 5.70. The van der Waals surface area contributed by atoms with Crippen molar-refractivity contribution in [2.75, 3.05) is 82.7 Å². The van der Waals surface area contributed by atoms with Gasteiger partial charge in [0.15, 0.2) is 0 Å². The van der Waals surface area contributed by atoms with Gasteiger partial charge in [0.2, 0.25) is 0 Å². The first-order valence-electron chi connectivity index (χ1n) is 14.5. The molecule has 42 heavy (non-hydrogen) atoms. The summed E-state index contributed by atoms with van der Waals surface area (Å²) in [6.45, 7) is 14.0. The SMILES string of the molecule is C=C(Nc1cc(-c2cccc(CN3CCN(CCN)CC3)c2)ccc1N1CCN(C)CC1)C1=CNNC=C1C(F)(F)F. The van der Waals surface area contributed by atoms with E-state index in [-0.39, 0.29) is 11.3 Å². The van der Waals surface area contributed by atoms with Crippen LogP contribution in [-0.2, 0) is 6.54 Å². The number of hydrogen-bond acceptors (Lipinski definition) is 8. The number of anilines is 2. The largest absolute Gasteiger partial charge is 0.418 e. The lowest BCUT2D eigenvalue weighted by atomic mass is 10.00. The maximum Gasteiger partial charge on any atom is 0.418 e. The van der Waals surface area contributed by atoms with E-state index in [0.29, 0.717) is 6.54 Å². The molecular weight excluding hydrogens is 541 g/mol. The number of nitrogens with zero attached hydrogens (tertiary/aromatic N) is 4. The van der Waals surface area contributed by atoms with Crippen molar-refractivity contribution in [2.24, 2.45) is 5.73 Å². The minimum absolute atomic E-state index is 0.0375. The molecule has 3 aliphatic heterocycles. The maximum atomic E-state index is 13.8. The first kappa shape index (κ1) is 30.0. The van der Waals surface area contributed by atoms with Crippen LogP contribution in [0.2, 0.25) is 0 Å². The summed E-state index contributed by atoms with van der Waals surface area (Å²) in [5.74, 6) is 0. The average molecular weight is 583 g/mol. The van der Waals surface area contributed by atoms with Gasteiger partial charge in [-0.3, -0.25) is 9.80 Å². The van der Waals surface area contributed by atoms with E-state index in [9.17, 15) is 13.2 Å². The number of allylic oxidation sites excluding steroid dienone is 1. The normalized spacial score (nSPS) is 19.0. The first-order valence-corrected chi connectivity index (χ1v) is 14.5. The number of benzene rings is 2. The number of nitrogens with one attached hydrogen (secondary N) is 3. The van der Waals surface area contributed by atoms with E-state index in [1.54, 1.807) is 0 Å². The molecule has 0 aliphatic carbocycles. The molecule has 0 saturated carbocycles. The molecule has 0 amide bonds. The third kappa shape index (κ3) is 7.27. The summed E-state index contributed by atoms with van der Waals surface area (Å²) in [6, 6.07) is 14.7. The summed E-state index contributed by atoms with van der Waals surface area (Å²) in [4.78, 5) is 9.41. The Labute approximate surface area is 246 Å². The Kier molecular flexibility index (Phi) is 9.42. The summed E-state index contributed by atoms with van der Waals surface area (Å²) in [7, 11) is 2.09. The van der Waals surface area contributed by atoms with E-state index >= 15 is 0 Å². The summed E-state index contributed by atoms with van der Waals surface area (Å²) < 4.78 is 41.3. The van der Waals surface area contributed by atoms with Crippen molar-refractivity contribution >= 4 is 11.4 Å². The quantitative estimate of drug-likeness (QED) is 0.358. The molecule has 0 bridgehead atoms. The molecule has 11 heteroatoms. The molecule has 0 atom stereocenters. The van der Waals surface area contributed by atoms with Crippen molar-refractivity contribution in [1.82, 2.24) is 25.6 Å². The Morgan fingerprint density at radius 1 is 0.905 bits per heavy atom. The van der Waals surface area contributed by atoms with Crippen molar-refractivity contribution in [3.63, 3.8) is 0 Å². The summed E-state index contributed by atoms with van der Waals surface area (Å²) >= 11 is 0. The zero-order valence-corrected chi connectivity index (χ0v) is 24.2. The average Bonchev–Trinajstić information content (AvgIpc) is 2.98. The minimum Gasteiger partial charge on any atom is -0.367 e. The number of nitrogens with two attached hydrogens (primary N) is 1. The molecule has 3 heterocycles. The van der Waals surface area contributed by atoms with Gasteiger partial charge < -0.3 is 31.7 Å². The van der Waals surface area contributed by atoms with Crippen LogP contribution < -0.4 is 26.8 Å². The lowest BCUT2D eigenvalue weighted by Crippen LogP contribution is -2.47. The van der Waals surface area contributed by atoms with Gasteiger partial charge in [-0.2, -0.15) is 13.2 Å². The number of alkyl halides is 3. The van der Waals surface area contributed by atoms with Crippen molar-refractivity contribution in [3.05, 3.63) is 83.9 Å². The highest BCUT2D eigenvalue weighted by atomic mass is 19.4. The molecular formula is C31H41F3N8. The molecule has 8 nitrogen and oxygen atoms in total. The smallest absolute Gasteiger partial charge is 0.367 e. The van der Waals surface area contributed by atoms with E-state index in [0.717, 1.165) is 94.1 Å². The predicted molar refractivity (Wildman–Crippen MR) is 164 cm³/mol. The molecule has 2 fully saturated rings. The number of hydrazine groups is 1. The van der Waals surface area contributed by atoms with Crippen LogP contribution in [0.25, 0.3) is 11.1 Å². The van der Waals surface area contributed by atoms with E-state index in [4.69, 9.17) is 5.73 Å². The highest BCUT2D eigenvalue weighted by Crippen LogP contribution is 2.38. The number of piperazine rings is 2. The third-order valence-corrected chi connectivity index (χ3v) is 8.14. The van der Waals surface area contributed by atoms with Gasteiger partial charge in [-0.1, -0.05) is 30.8 Å². The summed E-state index contributed by atoms with van der Waals surface area (Å²) in [5, 5.41) is 3.25. The Morgan fingerprint density at radius 3 is 2.31 bits per heavy atom. The molecule has 2 aromatic rings. The Hall–Kier alpha value is -3.51. The van der Waals surface area contributed by atoms with Gasteiger partial charge in [0, 0.05) is 95.7 Å². The minimum atomic E-state index is -4.52. The van der Waals surface area contributed by atoms with Crippen molar-refractivity contribution in [1.29, 1.82) is 0 Å². The van der Waals surface area contributed by atoms with Crippen molar-refractivity contribution in [2.45, 2.75) is 12.7 Å². The molecule has 0 aromatic heterocycles. The molecule has 0 radical (unpaired) electrons. The second-order valence-corrected chi connectivity index (χ2v) is 11.1. The lowest BCUT2D eigenvalue weighted by Gasteiger charge is -2.35. The van der Waals surface area contributed by atoms with Crippen LogP contribution in [0.1, 0.15) is 5.56 Å². The van der Waals surface area contributed by atoms with Crippen LogP contribution in [0.15, 0.2) is 78.3 Å². The van der Waals surface area contributed by atoms with Gasteiger partial charge in [0.05, 0.1) is 16.9 Å². The van der Waals surface area contributed by atoms with E-state index in [2.05, 4.69) is 85.8 Å². The van der Waals surface area contributed by atoms with E-state index in [1.807, 2.05) is 6.07 Å². The summed E-state index contributed by atoms with van der Waals surface area (Å²) in [5.41, 5.74) is 15.1. The molecule has 3 aliphatic rings. The fraction of sp³-hybridized carbons (Fsp3) is 0.419. The van der Waals surface area contributed by atoms with Crippen LogP contribution in [0.4, 0.5) is 24.5 Å². The van der Waals surface area contributed by atoms with Crippen molar-refractivity contribution in [3.8, 4) is 11.1 Å². The van der Waals surface area contributed by atoms with Crippen LogP contribution in [-0.4, -0.2) is 93.4 Å².